The molecular weight excluding hydrogens is 355 g/mol. The molecule has 1 aromatic heterocycles. The van der Waals surface area contributed by atoms with E-state index in [1.807, 2.05) is 27.7 Å². The molecule has 0 radical (unpaired) electrons. The summed E-state index contributed by atoms with van der Waals surface area (Å²) in [5, 5.41) is 11.2. The van der Waals surface area contributed by atoms with E-state index >= 15 is 0 Å². The summed E-state index contributed by atoms with van der Waals surface area (Å²) in [4.78, 5) is 16.0. The Morgan fingerprint density at radius 2 is 2.08 bits per heavy atom. The average Bonchev–Trinajstić information content (AvgIpc) is 2.96. The highest BCUT2D eigenvalue weighted by atomic mass is 32.2. The average molecular weight is 383 g/mol. The summed E-state index contributed by atoms with van der Waals surface area (Å²) < 4.78 is 19.4. The molecule has 0 aliphatic heterocycles. The smallest absolute Gasteiger partial charge is 0.358 e. The van der Waals surface area contributed by atoms with Gasteiger partial charge in [-0.15, -0.1) is 0 Å². The molecule has 2 aromatic rings. The molecule has 0 bridgehead atoms. The van der Waals surface area contributed by atoms with Crippen LogP contribution < -0.4 is 0 Å². The highest BCUT2D eigenvalue weighted by Crippen LogP contribution is 2.41. The number of aliphatic hydroxyl groups excluding tert-OH is 1. The van der Waals surface area contributed by atoms with E-state index in [4.69, 9.17) is 4.74 Å². The normalized spacial score (nSPS) is 12.2. The number of thioether (sulfide) groups is 1. The topological polar surface area (TPSA) is 64.3 Å². The first-order chi connectivity index (χ1) is 12.2. The zero-order chi connectivity index (χ0) is 19.9. The maximum atomic E-state index is 13.4. The molecule has 2 rings (SSSR count). The molecule has 0 fully saturated rings. The van der Waals surface area contributed by atoms with E-state index in [1.54, 1.807) is 36.9 Å². The van der Waals surface area contributed by atoms with Gasteiger partial charge in [-0.1, -0.05) is 37.7 Å². The summed E-state index contributed by atoms with van der Waals surface area (Å²) >= 11 is 1.31. The number of aryl methyl sites for hydroxylation is 1. The number of hydrogen-bond donors (Lipinski definition) is 1. The number of halogens is 1. The number of rotatable bonds is 6. The van der Waals surface area contributed by atoms with Gasteiger partial charge in [-0.05, 0) is 38.5 Å². The number of aromatic nitrogens is 2. The minimum atomic E-state index is -0.902. The largest absolute Gasteiger partial charge is 0.461 e. The van der Waals surface area contributed by atoms with Gasteiger partial charge in [-0.25, -0.2) is 14.2 Å². The summed E-state index contributed by atoms with van der Waals surface area (Å²) in [7, 11) is 1.77. The van der Waals surface area contributed by atoms with Gasteiger partial charge in [-0.3, -0.25) is 0 Å². The molecule has 1 heterocycles. The number of carbonyl (C=O) groups excluding carboxylic acids is 1. The fourth-order valence-electron chi connectivity index (χ4n) is 2.22. The third-order valence-electron chi connectivity index (χ3n) is 3.50. The van der Waals surface area contributed by atoms with Crippen LogP contribution in [-0.2, 0) is 11.8 Å². The van der Waals surface area contributed by atoms with Crippen molar-refractivity contribution in [3.8, 4) is 0 Å². The zero-order valence-corrected chi connectivity index (χ0v) is 16.9. The number of aliphatic hydroxyl groups is 1. The maximum absolute atomic E-state index is 13.4. The third kappa shape index (κ3) is 5.57. The fraction of sp³-hybridized carbons (Fsp3) is 0.474. The standard InChI is InChI=1S/C17H21FN2O3S.C2H6/c1-5-23-15(22)13-10-20(4)16(19-13)24-17(2,3)14(21)11-7-6-8-12(18)9-11;1-2/h6-10,14,21H,5H2,1-4H3;1-2H3. The second kappa shape index (κ2) is 9.73. The van der Waals surface area contributed by atoms with Crippen molar-refractivity contribution in [2.75, 3.05) is 6.61 Å². The van der Waals surface area contributed by atoms with Gasteiger partial charge in [0.05, 0.1) is 12.7 Å². The first-order valence-electron chi connectivity index (χ1n) is 8.57. The van der Waals surface area contributed by atoms with Gasteiger partial charge >= 0.3 is 5.97 Å². The van der Waals surface area contributed by atoms with Crippen LogP contribution in [0.15, 0.2) is 35.6 Å². The number of hydrogen-bond acceptors (Lipinski definition) is 5. The molecular formula is C19H27FN2O3S. The maximum Gasteiger partial charge on any atom is 0.358 e. The number of benzene rings is 1. The van der Waals surface area contributed by atoms with Gasteiger partial charge in [-0.2, -0.15) is 0 Å². The van der Waals surface area contributed by atoms with Gasteiger partial charge in [0, 0.05) is 18.0 Å². The Labute approximate surface area is 158 Å². The molecule has 144 valence electrons. The van der Waals surface area contributed by atoms with E-state index in [0.717, 1.165) is 0 Å². The fourth-order valence-corrected chi connectivity index (χ4v) is 3.28. The molecule has 1 unspecified atom stereocenters. The Bertz CT molecular complexity index is 731. The highest BCUT2D eigenvalue weighted by Gasteiger charge is 2.32. The van der Waals surface area contributed by atoms with Gasteiger partial charge in [0.1, 0.15) is 5.82 Å². The van der Waals surface area contributed by atoms with E-state index < -0.39 is 22.6 Å². The first-order valence-corrected chi connectivity index (χ1v) is 9.39. The summed E-state index contributed by atoms with van der Waals surface area (Å²) in [6.45, 7) is 9.69. The Morgan fingerprint density at radius 3 is 2.65 bits per heavy atom. The predicted octanol–water partition coefficient (Wildman–Crippen LogP) is 4.37. The zero-order valence-electron chi connectivity index (χ0n) is 16.1. The lowest BCUT2D eigenvalue weighted by atomic mass is 9.98. The Kier molecular flexibility index (Phi) is 8.30. The van der Waals surface area contributed by atoms with Gasteiger partial charge in [0.2, 0.25) is 0 Å². The predicted molar refractivity (Wildman–Crippen MR) is 102 cm³/mol. The third-order valence-corrected chi connectivity index (χ3v) is 4.81. The molecule has 7 heteroatoms. The van der Waals surface area contributed by atoms with Crippen molar-refractivity contribution in [3.63, 3.8) is 0 Å². The molecule has 0 aliphatic carbocycles. The van der Waals surface area contributed by atoms with E-state index in [0.29, 0.717) is 10.7 Å². The SMILES string of the molecule is CC.CCOC(=O)c1cn(C)c(SC(C)(C)C(O)c2cccc(F)c2)n1. The molecule has 1 aromatic carbocycles. The number of imidazole rings is 1. The van der Waals surface area contributed by atoms with Gasteiger partial charge in [0.25, 0.3) is 0 Å². The summed E-state index contributed by atoms with van der Waals surface area (Å²) in [6.07, 6.45) is 0.686. The van der Waals surface area contributed by atoms with Crippen LogP contribution in [0.4, 0.5) is 4.39 Å². The monoisotopic (exact) mass is 382 g/mol. The van der Waals surface area contributed by atoms with E-state index in [1.165, 1.54) is 23.9 Å². The molecule has 0 spiro atoms. The van der Waals surface area contributed by atoms with Crippen LogP contribution in [0.25, 0.3) is 0 Å². The van der Waals surface area contributed by atoms with Crippen LogP contribution in [0.1, 0.15) is 56.8 Å². The van der Waals surface area contributed by atoms with E-state index in [9.17, 15) is 14.3 Å². The molecule has 0 saturated heterocycles. The Hall–Kier alpha value is -1.86. The molecule has 5 nitrogen and oxygen atoms in total. The van der Waals surface area contributed by atoms with E-state index in [2.05, 4.69) is 4.98 Å². The number of ether oxygens (including phenoxy) is 1. The lowest BCUT2D eigenvalue weighted by molar-refractivity contribution is 0.0519. The van der Waals surface area contributed by atoms with Crippen LogP contribution in [0.2, 0.25) is 0 Å². The van der Waals surface area contributed by atoms with Crippen LogP contribution in [-0.4, -0.2) is 32.0 Å². The Morgan fingerprint density at radius 1 is 1.42 bits per heavy atom. The molecule has 1 N–H and O–H groups in total. The van der Waals surface area contributed by atoms with Crippen molar-refractivity contribution in [2.45, 2.75) is 50.6 Å². The van der Waals surface area contributed by atoms with Crippen molar-refractivity contribution >= 4 is 17.7 Å². The number of carbonyl (C=O) groups is 1. The molecule has 0 saturated carbocycles. The second-order valence-electron chi connectivity index (χ2n) is 5.90. The van der Waals surface area contributed by atoms with Crippen LogP contribution in [0, 0.1) is 5.82 Å². The highest BCUT2D eigenvalue weighted by molar-refractivity contribution is 8.00. The van der Waals surface area contributed by atoms with Crippen molar-refractivity contribution in [1.29, 1.82) is 0 Å². The van der Waals surface area contributed by atoms with Crippen molar-refractivity contribution < 1.29 is 19.0 Å². The minimum absolute atomic E-state index is 0.220. The second-order valence-corrected chi connectivity index (χ2v) is 7.52. The molecule has 0 aliphatic rings. The van der Waals surface area contributed by atoms with Crippen LogP contribution >= 0.6 is 11.8 Å². The lowest BCUT2D eigenvalue weighted by Crippen LogP contribution is -2.26. The van der Waals surface area contributed by atoms with Crippen LogP contribution in [0.3, 0.4) is 0 Å². The summed E-state index contributed by atoms with van der Waals surface area (Å²) in [5.74, 6) is -0.877. The van der Waals surface area contributed by atoms with Crippen molar-refractivity contribution in [3.05, 3.63) is 47.5 Å². The minimum Gasteiger partial charge on any atom is -0.461 e. The lowest BCUT2D eigenvalue weighted by Gasteiger charge is -2.29. The molecule has 1 atom stereocenters. The van der Waals surface area contributed by atoms with Gasteiger partial charge in [0.15, 0.2) is 10.9 Å². The molecule has 0 amide bonds. The summed E-state index contributed by atoms with van der Waals surface area (Å²) in [5.41, 5.74) is 0.713. The van der Waals surface area contributed by atoms with Crippen LogP contribution in [0.5, 0.6) is 0 Å². The Balaban J connectivity index is 0.00000163. The quantitative estimate of drug-likeness (QED) is 0.594. The first kappa shape index (κ1) is 22.2. The number of nitrogens with zero attached hydrogens (tertiary/aromatic N) is 2. The number of esters is 1. The van der Waals surface area contributed by atoms with E-state index in [-0.39, 0.29) is 12.3 Å². The van der Waals surface area contributed by atoms with Crippen molar-refractivity contribution in [1.82, 2.24) is 9.55 Å². The van der Waals surface area contributed by atoms with Gasteiger partial charge < -0.3 is 14.4 Å². The molecule has 26 heavy (non-hydrogen) atoms. The summed E-state index contributed by atoms with van der Waals surface area (Å²) in [6, 6.07) is 5.89. The van der Waals surface area contributed by atoms with Crippen molar-refractivity contribution in [2.24, 2.45) is 7.05 Å².